The largest absolute Gasteiger partial charge is 0.465 e. The van der Waals surface area contributed by atoms with Crippen LogP contribution in [0.5, 0.6) is 0 Å². The molecule has 0 aromatic heterocycles. The van der Waals surface area contributed by atoms with Crippen LogP contribution in [0, 0.1) is 11.8 Å². The molecule has 0 aromatic rings. The predicted octanol–water partition coefficient (Wildman–Crippen LogP) is 7.18. The standard InChI is InChI=1S/C26H46O4/c1-5-7-9-11-13-15-17-19-21-29-25(27)23(3)24(4)26(28)30-22-20-18-16-14-12-10-8-6-2/h5-6,23-24H,1-2,7-22H2,3-4H3/t23-,24-/m0/s1. The molecule has 0 aliphatic rings. The number of rotatable bonds is 21. The minimum absolute atomic E-state index is 0.301. The molecule has 4 nitrogen and oxygen atoms in total. The van der Waals surface area contributed by atoms with E-state index in [1.165, 1.54) is 51.4 Å². The van der Waals surface area contributed by atoms with E-state index in [-0.39, 0.29) is 11.9 Å². The molecule has 174 valence electrons. The van der Waals surface area contributed by atoms with Gasteiger partial charge in [-0.15, -0.1) is 13.2 Å². The predicted molar refractivity (Wildman–Crippen MR) is 125 cm³/mol. The molecular formula is C26H46O4. The van der Waals surface area contributed by atoms with Gasteiger partial charge in [0.1, 0.15) is 0 Å². The highest BCUT2D eigenvalue weighted by molar-refractivity contribution is 5.81. The molecule has 0 bridgehead atoms. The number of carbonyl (C=O) groups is 2. The normalized spacial score (nSPS) is 12.7. The Morgan fingerprint density at radius 3 is 1.23 bits per heavy atom. The molecule has 0 aliphatic carbocycles. The highest BCUT2D eigenvalue weighted by Gasteiger charge is 2.28. The highest BCUT2D eigenvalue weighted by atomic mass is 16.5. The molecule has 0 rings (SSSR count). The van der Waals surface area contributed by atoms with Gasteiger partial charge in [-0.2, -0.15) is 0 Å². The van der Waals surface area contributed by atoms with E-state index in [9.17, 15) is 9.59 Å². The van der Waals surface area contributed by atoms with Crippen LogP contribution in [-0.4, -0.2) is 25.2 Å². The van der Waals surface area contributed by atoms with Crippen molar-refractivity contribution in [2.45, 2.75) is 104 Å². The van der Waals surface area contributed by atoms with Gasteiger partial charge < -0.3 is 9.47 Å². The topological polar surface area (TPSA) is 52.6 Å². The van der Waals surface area contributed by atoms with E-state index in [2.05, 4.69) is 13.2 Å². The van der Waals surface area contributed by atoms with Crippen LogP contribution in [0.4, 0.5) is 0 Å². The molecule has 4 heteroatoms. The van der Waals surface area contributed by atoms with Gasteiger partial charge in [0.2, 0.25) is 0 Å². The van der Waals surface area contributed by atoms with Crippen LogP contribution in [0.3, 0.4) is 0 Å². The van der Waals surface area contributed by atoms with Crippen molar-refractivity contribution in [2.24, 2.45) is 11.8 Å². The van der Waals surface area contributed by atoms with Crippen molar-refractivity contribution in [3.63, 3.8) is 0 Å². The number of unbranched alkanes of at least 4 members (excludes halogenated alkanes) is 12. The summed E-state index contributed by atoms with van der Waals surface area (Å²) in [6, 6.07) is 0. The molecule has 2 atom stereocenters. The molecule has 0 N–H and O–H groups in total. The Morgan fingerprint density at radius 1 is 0.600 bits per heavy atom. The third-order valence-corrected chi connectivity index (χ3v) is 5.59. The third kappa shape index (κ3) is 16.2. The van der Waals surface area contributed by atoms with Crippen LogP contribution >= 0.6 is 0 Å². The lowest BCUT2D eigenvalue weighted by Gasteiger charge is -2.17. The van der Waals surface area contributed by atoms with E-state index in [1.54, 1.807) is 13.8 Å². The molecule has 0 heterocycles. The lowest BCUT2D eigenvalue weighted by atomic mass is 9.96. The van der Waals surface area contributed by atoms with Crippen molar-refractivity contribution in [1.82, 2.24) is 0 Å². The number of allylic oxidation sites excluding steroid dienone is 2. The van der Waals surface area contributed by atoms with Gasteiger partial charge in [0.15, 0.2) is 0 Å². The van der Waals surface area contributed by atoms with Gasteiger partial charge in [-0.05, 0) is 38.5 Å². The summed E-state index contributed by atoms with van der Waals surface area (Å²) in [5, 5.41) is 0. The van der Waals surface area contributed by atoms with E-state index < -0.39 is 11.8 Å². The first-order valence-corrected chi connectivity index (χ1v) is 12.1. The second-order valence-electron chi connectivity index (χ2n) is 8.31. The molecule has 0 spiro atoms. The summed E-state index contributed by atoms with van der Waals surface area (Å²) in [6.45, 7) is 11.8. The van der Waals surface area contributed by atoms with Crippen molar-refractivity contribution in [2.75, 3.05) is 13.2 Å². The Kier molecular flexibility index (Phi) is 19.6. The summed E-state index contributed by atoms with van der Waals surface area (Å²) in [4.78, 5) is 24.3. The minimum Gasteiger partial charge on any atom is -0.465 e. The molecule has 30 heavy (non-hydrogen) atoms. The van der Waals surface area contributed by atoms with Gasteiger partial charge in [-0.1, -0.05) is 77.4 Å². The zero-order valence-electron chi connectivity index (χ0n) is 19.7. The third-order valence-electron chi connectivity index (χ3n) is 5.59. The maximum atomic E-state index is 12.2. The number of hydrogen-bond donors (Lipinski definition) is 0. The van der Waals surface area contributed by atoms with Gasteiger partial charge in [0.25, 0.3) is 0 Å². The fraction of sp³-hybridized carbons (Fsp3) is 0.769. The first-order valence-electron chi connectivity index (χ1n) is 12.1. The van der Waals surface area contributed by atoms with Crippen LogP contribution in [-0.2, 0) is 19.1 Å². The molecular weight excluding hydrogens is 376 g/mol. The minimum atomic E-state index is -0.471. The Morgan fingerprint density at radius 2 is 0.900 bits per heavy atom. The SMILES string of the molecule is C=CCCCCCCCCOC(=O)[C@@H](C)[C@H](C)C(=O)OCCCCCCCCC=C. The summed E-state index contributed by atoms with van der Waals surface area (Å²) in [6.07, 6.45) is 19.7. The van der Waals surface area contributed by atoms with Crippen molar-refractivity contribution in [3.8, 4) is 0 Å². The van der Waals surface area contributed by atoms with Crippen LogP contribution in [0.25, 0.3) is 0 Å². The molecule has 0 saturated heterocycles. The monoisotopic (exact) mass is 422 g/mol. The van der Waals surface area contributed by atoms with Crippen LogP contribution < -0.4 is 0 Å². The molecule has 0 unspecified atom stereocenters. The average molecular weight is 423 g/mol. The van der Waals surface area contributed by atoms with Crippen molar-refractivity contribution in [1.29, 1.82) is 0 Å². The van der Waals surface area contributed by atoms with E-state index >= 15 is 0 Å². The van der Waals surface area contributed by atoms with E-state index in [0.29, 0.717) is 13.2 Å². The first-order chi connectivity index (χ1) is 14.5. The first kappa shape index (κ1) is 28.4. The zero-order valence-corrected chi connectivity index (χ0v) is 19.7. The van der Waals surface area contributed by atoms with Gasteiger partial charge in [0.05, 0.1) is 25.0 Å². The molecule has 0 saturated carbocycles. The molecule has 0 fully saturated rings. The summed E-state index contributed by atoms with van der Waals surface area (Å²) < 4.78 is 10.7. The van der Waals surface area contributed by atoms with Gasteiger partial charge >= 0.3 is 11.9 Å². The quantitative estimate of drug-likeness (QED) is 0.112. The Hall–Kier alpha value is -1.58. The van der Waals surface area contributed by atoms with Crippen molar-refractivity contribution >= 4 is 11.9 Å². The van der Waals surface area contributed by atoms with Crippen molar-refractivity contribution < 1.29 is 19.1 Å². The van der Waals surface area contributed by atoms with E-state index in [1.807, 2.05) is 12.2 Å². The summed E-state index contributed by atoms with van der Waals surface area (Å²) in [7, 11) is 0. The summed E-state index contributed by atoms with van der Waals surface area (Å²) in [5.41, 5.74) is 0. The van der Waals surface area contributed by atoms with Crippen LogP contribution in [0.2, 0.25) is 0 Å². The number of carbonyl (C=O) groups excluding carboxylic acids is 2. The fourth-order valence-corrected chi connectivity index (χ4v) is 3.21. The lowest BCUT2D eigenvalue weighted by Crippen LogP contribution is -2.29. The Bertz CT molecular complexity index is 416. The summed E-state index contributed by atoms with van der Waals surface area (Å²) >= 11 is 0. The van der Waals surface area contributed by atoms with Crippen molar-refractivity contribution in [3.05, 3.63) is 25.3 Å². The van der Waals surface area contributed by atoms with Gasteiger partial charge in [-0.3, -0.25) is 9.59 Å². The van der Waals surface area contributed by atoms with Gasteiger partial charge in [-0.25, -0.2) is 0 Å². The summed E-state index contributed by atoms with van der Waals surface area (Å²) in [5.74, 6) is -1.54. The Labute approximate surface area is 185 Å². The smallest absolute Gasteiger partial charge is 0.309 e. The number of esters is 2. The maximum Gasteiger partial charge on any atom is 0.309 e. The molecule has 0 aromatic carbocycles. The second-order valence-corrected chi connectivity index (χ2v) is 8.31. The second kappa shape index (κ2) is 20.7. The van der Waals surface area contributed by atoms with Crippen LogP contribution in [0.15, 0.2) is 25.3 Å². The van der Waals surface area contributed by atoms with E-state index in [4.69, 9.17) is 9.47 Å². The fourth-order valence-electron chi connectivity index (χ4n) is 3.21. The Balaban J connectivity index is 3.71. The number of ether oxygens (including phenoxy) is 2. The van der Waals surface area contributed by atoms with Gasteiger partial charge in [0, 0.05) is 0 Å². The molecule has 0 radical (unpaired) electrons. The molecule has 0 amide bonds. The molecule has 0 aliphatic heterocycles. The highest BCUT2D eigenvalue weighted by Crippen LogP contribution is 2.16. The maximum absolute atomic E-state index is 12.2. The van der Waals surface area contributed by atoms with Crippen LogP contribution in [0.1, 0.15) is 104 Å². The lowest BCUT2D eigenvalue weighted by molar-refractivity contribution is -0.159. The zero-order chi connectivity index (χ0) is 22.5. The van der Waals surface area contributed by atoms with E-state index in [0.717, 1.165) is 38.5 Å². The number of hydrogen-bond acceptors (Lipinski definition) is 4. The average Bonchev–Trinajstić information content (AvgIpc) is 2.75.